The number of rotatable bonds is 4. The van der Waals surface area contributed by atoms with Crippen LogP contribution < -0.4 is 5.32 Å². The van der Waals surface area contributed by atoms with E-state index in [1.54, 1.807) is 17.3 Å². The predicted octanol–water partition coefficient (Wildman–Crippen LogP) is 0.247. The fraction of sp³-hybridized carbons (Fsp3) is 0.462. The van der Waals surface area contributed by atoms with Gasteiger partial charge in [0.15, 0.2) is 0 Å². The van der Waals surface area contributed by atoms with E-state index in [1.165, 1.54) is 0 Å². The SMILES string of the molecule is O=C(O)CC1NCCCN(Cc2ccncc2)C1=O. The monoisotopic (exact) mass is 263 g/mol. The summed E-state index contributed by atoms with van der Waals surface area (Å²) in [5.41, 5.74) is 0.999. The summed E-state index contributed by atoms with van der Waals surface area (Å²) in [6, 6.07) is 3.09. The number of aromatic nitrogens is 1. The Morgan fingerprint density at radius 3 is 2.89 bits per heavy atom. The Balaban J connectivity index is 2.06. The van der Waals surface area contributed by atoms with Crippen molar-refractivity contribution >= 4 is 11.9 Å². The molecule has 0 saturated carbocycles. The molecule has 1 aromatic rings. The van der Waals surface area contributed by atoms with Crippen molar-refractivity contribution in [2.75, 3.05) is 13.1 Å². The van der Waals surface area contributed by atoms with Crippen molar-refractivity contribution < 1.29 is 14.7 Å². The van der Waals surface area contributed by atoms with Gasteiger partial charge in [-0.05, 0) is 30.7 Å². The molecule has 0 bridgehead atoms. The zero-order chi connectivity index (χ0) is 13.7. The Labute approximate surface area is 111 Å². The molecule has 6 nitrogen and oxygen atoms in total. The Morgan fingerprint density at radius 2 is 2.21 bits per heavy atom. The van der Waals surface area contributed by atoms with E-state index in [0.717, 1.165) is 12.0 Å². The average Bonchev–Trinajstić information content (AvgIpc) is 2.55. The largest absolute Gasteiger partial charge is 0.481 e. The van der Waals surface area contributed by atoms with Crippen LogP contribution in [0.15, 0.2) is 24.5 Å². The van der Waals surface area contributed by atoms with E-state index in [0.29, 0.717) is 19.6 Å². The molecule has 1 aliphatic heterocycles. The molecule has 2 heterocycles. The first kappa shape index (κ1) is 13.5. The summed E-state index contributed by atoms with van der Waals surface area (Å²) in [5, 5.41) is 11.8. The number of carboxylic acids is 1. The lowest BCUT2D eigenvalue weighted by atomic mass is 10.1. The number of nitrogens with zero attached hydrogens (tertiary/aromatic N) is 2. The van der Waals surface area contributed by atoms with Gasteiger partial charge in [-0.3, -0.25) is 14.6 Å². The summed E-state index contributed by atoms with van der Waals surface area (Å²) in [6.45, 7) is 1.81. The number of nitrogens with one attached hydrogen (secondary N) is 1. The molecule has 1 aliphatic rings. The molecule has 1 unspecified atom stereocenters. The minimum Gasteiger partial charge on any atom is -0.481 e. The Kier molecular flexibility index (Phi) is 4.46. The molecule has 0 spiro atoms. The van der Waals surface area contributed by atoms with Crippen molar-refractivity contribution in [2.24, 2.45) is 0 Å². The van der Waals surface area contributed by atoms with Crippen LogP contribution in [0.1, 0.15) is 18.4 Å². The van der Waals surface area contributed by atoms with Crippen molar-refractivity contribution in [1.29, 1.82) is 0 Å². The smallest absolute Gasteiger partial charge is 0.305 e. The Bertz CT molecular complexity index is 450. The van der Waals surface area contributed by atoms with Gasteiger partial charge in [-0.25, -0.2) is 0 Å². The summed E-state index contributed by atoms with van der Waals surface area (Å²) in [6.07, 6.45) is 4.02. The molecule has 2 N–H and O–H groups in total. The second kappa shape index (κ2) is 6.29. The Hall–Kier alpha value is -1.95. The van der Waals surface area contributed by atoms with E-state index in [2.05, 4.69) is 10.3 Å². The van der Waals surface area contributed by atoms with Crippen LogP contribution in [0.5, 0.6) is 0 Å². The zero-order valence-electron chi connectivity index (χ0n) is 10.6. The summed E-state index contributed by atoms with van der Waals surface area (Å²) in [4.78, 5) is 28.7. The highest BCUT2D eigenvalue weighted by Crippen LogP contribution is 2.10. The molecule has 102 valence electrons. The van der Waals surface area contributed by atoms with Gasteiger partial charge in [0.2, 0.25) is 5.91 Å². The van der Waals surface area contributed by atoms with Gasteiger partial charge in [-0.2, -0.15) is 0 Å². The number of carbonyl (C=O) groups excluding carboxylic acids is 1. The molecule has 1 amide bonds. The second-order valence-corrected chi connectivity index (χ2v) is 4.57. The summed E-state index contributed by atoms with van der Waals surface area (Å²) in [5.74, 6) is -1.10. The predicted molar refractivity (Wildman–Crippen MR) is 68.3 cm³/mol. The third-order valence-corrected chi connectivity index (χ3v) is 3.11. The first-order chi connectivity index (χ1) is 9.16. The van der Waals surface area contributed by atoms with Crippen LogP contribution in [0.3, 0.4) is 0 Å². The molecular formula is C13H17N3O3. The third-order valence-electron chi connectivity index (χ3n) is 3.11. The van der Waals surface area contributed by atoms with Crippen molar-refractivity contribution in [3.05, 3.63) is 30.1 Å². The van der Waals surface area contributed by atoms with Crippen LogP contribution in [-0.4, -0.2) is 46.0 Å². The molecule has 1 saturated heterocycles. The van der Waals surface area contributed by atoms with Crippen LogP contribution in [0.2, 0.25) is 0 Å². The van der Waals surface area contributed by atoms with Crippen LogP contribution in [-0.2, 0) is 16.1 Å². The number of hydrogen-bond donors (Lipinski definition) is 2. The first-order valence-corrected chi connectivity index (χ1v) is 6.29. The number of pyridine rings is 1. The lowest BCUT2D eigenvalue weighted by molar-refractivity contribution is -0.142. The van der Waals surface area contributed by atoms with Crippen LogP contribution >= 0.6 is 0 Å². The highest BCUT2D eigenvalue weighted by molar-refractivity contribution is 5.86. The molecule has 19 heavy (non-hydrogen) atoms. The van der Waals surface area contributed by atoms with Gasteiger partial charge in [0.05, 0.1) is 12.5 Å². The molecule has 0 radical (unpaired) electrons. The number of carboxylic acid groups (broad SMARTS) is 1. The van der Waals surface area contributed by atoms with Crippen LogP contribution in [0.25, 0.3) is 0 Å². The van der Waals surface area contributed by atoms with E-state index < -0.39 is 12.0 Å². The van der Waals surface area contributed by atoms with E-state index >= 15 is 0 Å². The lowest BCUT2D eigenvalue weighted by Crippen LogP contribution is -2.44. The van der Waals surface area contributed by atoms with Gasteiger partial charge in [-0.15, -0.1) is 0 Å². The van der Waals surface area contributed by atoms with E-state index in [4.69, 9.17) is 5.11 Å². The standard InChI is InChI=1S/C13H17N3O3/c17-12(18)8-11-13(19)16(7-1-4-15-11)9-10-2-5-14-6-3-10/h2-3,5-6,11,15H,1,4,7-9H2,(H,17,18). The van der Waals surface area contributed by atoms with Crippen LogP contribution in [0, 0.1) is 0 Å². The molecule has 0 aliphatic carbocycles. The van der Waals surface area contributed by atoms with Gasteiger partial charge in [0.25, 0.3) is 0 Å². The van der Waals surface area contributed by atoms with Gasteiger partial charge >= 0.3 is 5.97 Å². The molecule has 0 aromatic carbocycles. The van der Waals surface area contributed by atoms with Gasteiger partial charge in [0.1, 0.15) is 0 Å². The maximum absolute atomic E-state index is 12.3. The quantitative estimate of drug-likeness (QED) is 0.813. The van der Waals surface area contributed by atoms with Gasteiger partial charge in [0, 0.05) is 25.5 Å². The third kappa shape index (κ3) is 3.75. The molecule has 2 rings (SSSR count). The van der Waals surface area contributed by atoms with Gasteiger partial charge < -0.3 is 15.3 Å². The number of carbonyl (C=O) groups is 2. The lowest BCUT2D eigenvalue weighted by Gasteiger charge is -2.23. The molecule has 1 atom stereocenters. The van der Waals surface area contributed by atoms with E-state index in [-0.39, 0.29) is 12.3 Å². The van der Waals surface area contributed by atoms with Crippen molar-refractivity contribution in [2.45, 2.75) is 25.4 Å². The maximum Gasteiger partial charge on any atom is 0.305 e. The minimum absolute atomic E-state index is 0.142. The molecule has 6 heteroatoms. The molecule has 1 fully saturated rings. The van der Waals surface area contributed by atoms with Crippen molar-refractivity contribution in [1.82, 2.24) is 15.2 Å². The normalized spacial score (nSPS) is 20.1. The maximum atomic E-state index is 12.3. The van der Waals surface area contributed by atoms with Gasteiger partial charge in [-0.1, -0.05) is 0 Å². The fourth-order valence-electron chi connectivity index (χ4n) is 2.16. The van der Waals surface area contributed by atoms with E-state index in [1.807, 2.05) is 12.1 Å². The number of amides is 1. The van der Waals surface area contributed by atoms with Crippen LogP contribution in [0.4, 0.5) is 0 Å². The second-order valence-electron chi connectivity index (χ2n) is 4.57. The highest BCUT2D eigenvalue weighted by atomic mass is 16.4. The van der Waals surface area contributed by atoms with Crippen molar-refractivity contribution in [3.8, 4) is 0 Å². The summed E-state index contributed by atoms with van der Waals surface area (Å²) < 4.78 is 0. The summed E-state index contributed by atoms with van der Waals surface area (Å²) in [7, 11) is 0. The van der Waals surface area contributed by atoms with Crippen molar-refractivity contribution in [3.63, 3.8) is 0 Å². The highest BCUT2D eigenvalue weighted by Gasteiger charge is 2.28. The molecule has 1 aromatic heterocycles. The molecular weight excluding hydrogens is 246 g/mol. The minimum atomic E-state index is -0.961. The topological polar surface area (TPSA) is 82.5 Å². The number of aliphatic carboxylic acids is 1. The first-order valence-electron chi connectivity index (χ1n) is 6.29. The zero-order valence-corrected chi connectivity index (χ0v) is 10.6. The average molecular weight is 263 g/mol. The van der Waals surface area contributed by atoms with E-state index in [9.17, 15) is 9.59 Å². The summed E-state index contributed by atoms with van der Waals surface area (Å²) >= 11 is 0. The fourth-order valence-corrected chi connectivity index (χ4v) is 2.16. The number of hydrogen-bond acceptors (Lipinski definition) is 4. The Morgan fingerprint density at radius 1 is 1.47 bits per heavy atom.